The van der Waals surface area contributed by atoms with E-state index >= 15 is 0 Å². The first-order valence-electron chi connectivity index (χ1n) is 4.20. The lowest BCUT2D eigenvalue weighted by Gasteiger charge is -2.11. The second kappa shape index (κ2) is 4.11. The summed E-state index contributed by atoms with van der Waals surface area (Å²) in [6.45, 7) is 4.60. The van der Waals surface area contributed by atoms with E-state index in [1.54, 1.807) is 0 Å². The molecule has 0 atom stereocenters. The fraction of sp³-hybridized carbons (Fsp3) is 0.400. The van der Waals surface area contributed by atoms with Crippen LogP contribution in [0.15, 0.2) is 10.5 Å². The van der Waals surface area contributed by atoms with Crippen LogP contribution in [0.1, 0.15) is 16.7 Å². The molecular weight excluding hydrogens is 230 g/mol. The first-order valence-corrected chi connectivity index (χ1v) is 4.99. The van der Waals surface area contributed by atoms with Gasteiger partial charge in [-0.1, -0.05) is 15.9 Å². The van der Waals surface area contributed by atoms with Crippen LogP contribution in [-0.2, 0) is 6.54 Å². The van der Waals surface area contributed by atoms with Crippen LogP contribution in [0.25, 0.3) is 0 Å². The van der Waals surface area contributed by atoms with Crippen molar-refractivity contribution in [2.75, 3.05) is 7.05 Å². The zero-order chi connectivity index (χ0) is 10.0. The summed E-state index contributed by atoms with van der Waals surface area (Å²) in [5.74, 6) is 0.390. The molecule has 1 aromatic carbocycles. The second-order valence-corrected chi connectivity index (χ2v) is 4.01. The predicted octanol–water partition coefficient (Wildman–Crippen LogP) is 2.49. The lowest BCUT2D eigenvalue weighted by atomic mass is 10.0. The van der Waals surface area contributed by atoms with Gasteiger partial charge in [0, 0.05) is 22.1 Å². The lowest BCUT2D eigenvalue weighted by molar-refractivity contribution is 0.460. The maximum absolute atomic E-state index is 9.82. The van der Waals surface area contributed by atoms with Crippen molar-refractivity contribution >= 4 is 15.9 Å². The van der Waals surface area contributed by atoms with E-state index < -0.39 is 0 Å². The fourth-order valence-corrected chi connectivity index (χ4v) is 1.84. The molecule has 0 saturated carbocycles. The van der Waals surface area contributed by atoms with Gasteiger partial charge in [-0.15, -0.1) is 0 Å². The van der Waals surface area contributed by atoms with Gasteiger partial charge in [0.2, 0.25) is 0 Å². The van der Waals surface area contributed by atoms with E-state index in [1.165, 1.54) is 0 Å². The highest BCUT2D eigenvalue weighted by molar-refractivity contribution is 9.10. The van der Waals surface area contributed by atoms with Gasteiger partial charge < -0.3 is 10.4 Å². The third-order valence-corrected chi connectivity index (χ3v) is 3.00. The van der Waals surface area contributed by atoms with Gasteiger partial charge in [0.15, 0.2) is 0 Å². The van der Waals surface area contributed by atoms with Crippen LogP contribution in [0.4, 0.5) is 0 Å². The Labute approximate surface area is 87.1 Å². The number of aromatic hydroxyl groups is 1. The summed E-state index contributed by atoms with van der Waals surface area (Å²) in [7, 11) is 1.87. The van der Waals surface area contributed by atoms with Crippen LogP contribution in [0.3, 0.4) is 0 Å². The van der Waals surface area contributed by atoms with Crippen molar-refractivity contribution < 1.29 is 5.11 Å². The van der Waals surface area contributed by atoms with Crippen LogP contribution in [0.5, 0.6) is 5.75 Å². The van der Waals surface area contributed by atoms with E-state index in [0.717, 1.165) is 21.2 Å². The van der Waals surface area contributed by atoms with Gasteiger partial charge in [0.1, 0.15) is 5.75 Å². The van der Waals surface area contributed by atoms with E-state index in [2.05, 4.69) is 21.2 Å². The van der Waals surface area contributed by atoms with Gasteiger partial charge in [-0.3, -0.25) is 0 Å². The van der Waals surface area contributed by atoms with Gasteiger partial charge in [0.25, 0.3) is 0 Å². The first kappa shape index (κ1) is 10.5. The minimum absolute atomic E-state index is 0.390. The Morgan fingerprint density at radius 1 is 1.46 bits per heavy atom. The van der Waals surface area contributed by atoms with Gasteiger partial charge >= 0.3 is 0 Å². The zero-order valence-corrected chi connectivity index (χ0v) is 9.70. The predicted molar refractivity (Wildman–Crippen MR) is 58.0 cm³/mol. The largest absolute Gasteiger partial charge is 0.507 e. The maximum Gasteiger partial charge on any atom is 0.124 e. The topological polar surface area (TPSA) is 32.3 Å². The fourth-order valence-electron chi connectivity index (χ4n) is 1.31. The molecule has 1 rings (SSSR count). The second-order valence-electron chi connectivity index (χ2n) is 3.16. The molecule has 13 heavy (non-hydrogen) atoms. The minimum Gasteiger partial charge on any atom is -0.507 e. The molecule has 0 fully saturated rings. The average molecular weight is 244 g/mol. The molecule has 0 aliphatic carbocycles. The first-order chi connectivity index (χ1) is 6.07. The summed E-state index contributed by atoms with van der Waals surface area (Å²) < 4.78 is 0.961. The molecule has 0 aromatic heterocycles. The molecule has 0 unspecified atom stereocenters. The van der Waals surface area contributed by atoms with Crippen molar-refractivity contribution in [1.29, 1.82) is 0 Å². The number of halogens is 1. The highest BCUT2D eigenvalue weighted by atomic mass is 79.9. The monoisotopic (exact) mass is 243 g/mol. The molecule has 2 nitrogen and oxygen atoms in total. The van der Waals surface area contributed by atoms with Gasteiger partial charge in [0.05, 0.1) is 0 Å². The van der Waals surface area contributed by atoms with Crippen molar-refractivity contribution in [2.24, 2.45) is 0 Å². The molecule has 72 valence electrons. The van der Waals surface area contributed by atoms with E-state index in [4.69, 9.17) is 0 Å². The molecule has 0 heterocycles. The third-order valence-electron chi connectivity index (χ3n) is 2.17. The Kier molecular flexibility index (Phi) is 3.33. The van der Waals surface area contributed by atoms with Crippen molar-refractivity contribution in [3.8, 4) is 5.75 Å². The Morgan fingerprint density at radius 2 is 2.08 bits per heavy atom. The van der Waals surface area contributed by atoms with Crippen LogP contribution in [-0.4, -0.2) is 12.2 Å². The number of rotatable bonds is 2. The summed E-state index contributed by atoms with van der Waals surface area (Å²) in [5.41, 5.74) is 2.98. The molecule has 0 saturated heterocycles. The smallest absolute Gasteiger partial charge is 0.124 e. The zero-order valence-electron chi connectivity index (χ0n) is 8.11. The Bertz CT molecular complexity index is 323. The van der Waals surface area contributed by atoms with E-state index in [-0.39, 0.29) is 0 Å². The Hall–Kier alpha value is -0.540. The number of nitrogens with one attached hydrogen (secondary N) is 1. The highest BCUT2D eigenvalue weighted by Gasteiger charge is 2.09. The SMILES string of the molecule is CNCc1c(C)cc(Br)c(C)c1O. The number of hydrogen-bond donors (Lipinski definition) is 2. The summed E-state index contributed by atoms with van der Waals surface area (Å²) in [6, 6.07) is 2.03. The molecule has 0 amide bonds. The molecule has 1 aromatic rings. The van der Waals surface area contributed by atoms with E-state index in [0.29, 0.717) is 12.3 Å². The summed E-state index contributed by atoms with van der Waals surface area (Å²) >= 11 is 3.40. The summed E-state index contributed by atoms with van der Waals surface area (Å²) in [4.78, 5) is 0. The Morgan fingerprint density at radius 3 is 2.62 bits per heavy atom. The third kappa shape index (κ3) is 2.03. The van der Waals surface area contributed by atoms with Crippen LogP contribution in [0.2, 0.25) is 0 Å². The van der Waals surface area contributed by atoms with Gasteiger partial charge in [-0.25, -0.2) is 0 Å². The maximum atomic E-state index is 9.82. The molecule has 0 radical (unpaired) electrons. The quantitative estimate of drug-likeness (QED) is 0.837. The number of hydrogen-bond acceptors (Lipinski definition) is 2. The standard InChI is InChI=1S/C10H14BrNO/c1-6-4-9(11)7(2)10(13)8(6)5-12-3/h4,12-13H,5H2,1-3H3. The number of phenolic OH excluding ortho intramolecular Hbond substituents is 1. The minimum atomic E-state index is 0.390. The van der Waals surface area contributed by atoms with E-state index in [9.17, 15) is 5.11 Å². The number of aryl methyl sites for hydroxylation is 1. The summed E-state index contributed by atoms with van der Waals surface area (Å²) in [5, 5.41) is 12.9. The average Bonchev–Trinajstić information content (AvgIpc) is 2.09. The number of benzene rings is 1. The molecule has 0 aliphatic rings. The molecule has 0 spiro atoms. The molecule has 0 aliphatic heterocycles. The summed E-state index contributed by atoms with van der Waals surface area (Å²) in [6.07, 6.45) is 0. The van der Waals surface area contributed by atoms with Crippen LogP contribution >= 0.6 is 15.9 Å². The van der Waals surface area contributed by atoms with Crippen molar-refractivity contribution in [1.82, 2.24) is 5.32 Å². The normalized spacial score (nSPS) is 10.5. The van der Waals surface area contributed by atoms with Gasteiger partial charge in [-0.05, 0) is 32.5 Å². The van der Waals surface area contributed by atoms with Crippen molar-refractivity contribution in [3.05, 3.63) is 27.2 Å². The van der Waals surface area contributed by atoms with Crippen LogP contribution in [0, 0.1) is 13.8 Å². The van der Waals surface area contributed by atoms with Crippen molar-refractivity contribution in [3.63, 3.8) is 0 Å². The molecule has 3 heteroatoms. The Balaban J connectivity index is 3.26. The molecular formula is C10H14BrNO. The molecule has 0 bridgehead atoms. The highest BCUT2D eigenvalue weighted by Crippen LogP contribution is 2.31. The molecule has 2 N–H and O–H groups in total. The van der Waals surface area contributed by atoms with E-state index in [1.807, 2.05) is 27.0 Å². The van der Waals surface area contributed by atoms with Crippen LogP contribution < -0.4 is 5.32 Å². The lowest BCUT2D eigenvalue weighted by Crippen LogP contribution is -2.07. The van der Waals surface area contributed by atoms with Crippen molar-refractivity contribution in [2.45, 2.75) is 20.4 Å². The number of phenols is 1. The van der Waals surface area contributed by atoms with Gasteiger partial charge in [-0.2, -0.15) is 0 Å².